The van der Waals surface area contributed by atoms with Crippen LogP contribution in [0.25, 0.3) is 22.3 Å². The quantitative estimate of drug-likeness (QED) is 0.580. The molecule has 4 aromatic rings. The van der Waals surface area contributed by atoms with Gasteiger partial charge < -0.3 is 9.13 Å². The van der Waals surface area contributed by atoms with Crippen molar-refractivity contribution in [1.29, 1.82) is 0 Å². The number of benzene rings is 1. The molecule has 3 aromatic heterocycles. The largest absolute Gasteiger partial charge is 0.336 e. The summed E-state index contributed by atoms with van der Waals surface area (Å²) in [6, 6.07) is 10.2. The first kappa shape index (κ1) is 12.8. The van der Waals surface area contributed by atoms with Crippen molar-refractivity contribution in [3.8, 4) is 11.4 Å². The average molecular weight is 289 g/mol. The fraction of sp³-hybridized carbons (Fsp3) is 0.118. The molecule has 3 heterocycles. The van der Waals surface area contributed by atoms with E-state index in [1.807, 2.05) is 49.3 Å². The summed E-state index contributed by atoms with van der Waals surface area (Å²) in [4.78, 5) is 13.0. The molecule has 0 radical (unpaired) electrons. The predicted octanol–water partition coefficient (Wildman–Crippen LogP) is 3.00. The summed E-state index contributed by atoms with van der Waals surface area (Å²) in [6.07, 6.45) is 11.3. The van der Waals surface area contributed by atoms with E-state index < -0.39 is 0 Å². The van der Waals surface area contributed by atoms with E-state index in [9.17, 15) is 0 Å². The van der Waals surface area contributed by atoms with Gasteiger partial charge >= 0.3 is 0 Å². The molecule has 22 heavy (non-hydrogen) atoms. The lowest BCUT2D eigenvalue weighted by atomic mass is 10.1. The Morgan fingerprint density at radius 1 is 0.864 bits per heavy atom. The minimum absolute atomic E-state index is 0.850. The van der Waals surface area contributed by atoms with Crippen molar-refractivity contribution in [3.63, 3.8) is 0 Å². The van der Waals surface area contributed by atoms with Crippen LogP contribution in [-0.4, -0.2) is 24.1 Å². The minimum Gasteiger partial charge on any atom is -0.336 e. The number of hydrogen-bond donors (Lipinski definition) is 0. The summed E-state index contributed by atoms with van der Waals surface area (Å²) in [7, 11) is 0. The molecule has 0 saturated heterocycles. The molecule has 0 unspecified atom stereocenters. The maximum absolute atomic E-state index is 4.55. The molecule has 0 aliphatic heterocycles. The highest BCUT2D eigenvalue weighted by Gasteiger charge is 2.09. The first-order valence-electron chi connectivity index (χ1n) is 7.23. The van der Waals surface area contributed by atoms with Crippen LogP contribution in [0.2, 0.25) is 0 Å². The summed E-state index contributed by atoms with van der Waals surface area (Å²) < 4.78 is 4.23. The first-order chi connectivity index (χ1) is 10.9. The van der Waals surface area contributed by atoms with E-state index in [4.69, 9.17) is 0 Å². The third-order valence-electron chi connectivity index (χ3n) is 3.76. The lowest BCUT2D eigenvalue weighted by molar-refractivity contribution is 0.582. The molecule has 1 aromatic carbocycles. The van der Waals surface area contributed by atoms with Gasteiger partial charge in [-0.15, -0.1) is 0 Å². The van der Waals surface area contributed by atoms with Crippen LogP contribution in [0, 0.1) is 0 Å². The van der Waals surface area contributed by atoms with E-state index in [1.54, 1.807) is 6.20 Å². The molecule has 5 heteroatoms. The van der Waals surface area contributed by atoms with Crippen molar-refractivity contribution in [2.75, 3.05) is 0 Å². The number of rotatable bonds is 4. The topological polar surface area (TPSA) is 48.5 Å². The molecular formula is C17H15N5. The lowest BCUT2D eigenvalue weighted by Gasteiger charge is -2.10. The Balaban J connectivity index is 1.72. The summed E-state index contributed by atoms with van der Waals surface area (Å²) in [5.41, 5.74) is 2.10. The smallest absolute Gasteiger partial charge is 0.140 e. The third-order valence-corrected chi connectivity index (χ3v) is 3.76. The normalized spacial score (nSPS) is 11.1. The van der Waals surface area contributed by atoms with Gasteiger partial charge in [0.1, 0.15) is 5.82 Å². The molecule has 0 atom stereocenters. The van der Waals surface area contributed by atoms with Crippen molar-refractivity contribution in [1.82, 2.24) is 24.1 Å². The number of hydrogen-bond acceptors (Lipinski definition) is 3. The van der Waals surface area contributed by atoms with Crippen LogP contribution in [-0.2, 0) is 13.1 Å². The number of nitrogens with zero attached hydrogens (tertiary/aromatic N) is 5. The van der Waals surface area contributed by atoms with E-state index >= 15 is 0 Å². The van der Waals surface area contributed by atoms with Gasteiger partial charge in [0.05, 0.1) is 11.8 Å². The highest BCUT2D eigenvalue weighted by molar-refractivity contribution is 5.92. The lowest BCUT2D eigenvalue weighted by Crippen LogP contribution is -2.06. The molecule has 108 valence electrons. The molecular weight excluding hydrogens is 274 g/mol. The van der Waals surface area contributed by atoms with Crippen LogP contribution in [0.1, 0.15) is 0 Å². The van der Waals surface area contributed by atoms with Gasteiger partial charge in [0.15, 0.2) is 0 Å². The average Bonchev–Trinajstić information content (AvgIpc) is 3.24. The molecule has 0 N–H and O–H groups in total. The highest BCUT2D eigenvalue weighted by atomic mass is 15.1. The Labute approximate surface area is 127 Å². The maximum atomic E-state index is 4.55. The van der Waals surface area contributed by atoms with E-state index in [0.717, 1.165) is 35.4 Å². The molecule has 0 aliphatic carbocycles. The van der Waals surface area contributed by atoms with E-state index in [2.05, 4.69) is 36.2 Å². The van der Waals surface area contributed by atoms with Crippen LogP contribution in [0.3, 0.4) is 0 Å². The molecule has 0 fully saturated rings. The zero-order valence-electron chi connectivity index (χ0n) is 12.0. The second-order valence-electron chi connectivity index (χ2n) is 5.12. The standard InChI is InChI=1S/C17H15N5/c1-3-15(14-4-2-6-19-16(14)5-1)17-20-8-10-22(17)12-11-21-9-7-18-13-21/h1-10,13H,11-12H2. The van der Waals surface area contributed by atoms with Crippen LogP contribution >= 0.6 is 0 Å². The van der Waals surface area contributed by atoms with E-state index in [1.165, 1.54) is 0 Å². The molecule has 4 rings (SSSR count). The predicted molar refractivity (Wildman–Crippen MR) is 85.2 cm³/mol. The highest BCUT2D eigenvalue weighted by Crippen LogP contribution is 2.26. The van der Waals surface area contributed by atoms with Crippen molar-refractivity contribution in [2.24, 2.45) is 0 Å². The van der Waals surface area contributed by atoms with Crippen LogP contribution < -0.4 is 0 Å². The number of aromatic nitrogens is 5. The number of aryl methyl sites for hydroxylation is 2. The molecule has 0 bridgehead atoms. The summed E-state index contributed by atoms with van der Waals surface area (Å²) in [5.74, 6) is 0.971. The number of fused-ring (bicyclic) bond motifs is 1. The Hall–Kier alpha value is -2.95. The molecule has 0 spiro atoms. The van der Waals surface area contributed by atoms with Gasteiger partial charge in [-0.05, 0) is 12.1 Å². The monoisotopic (exact) mass is 289 g/mol. The summed E-state index contributed by atoms with van der Waals surface area (Å²) in [5, 5.41) is 1.13. The van der Waals surface area contributed by atoms with Gasteiger partial charge in [-0.3, -0.25) is 4.98 Å². The van der Waals surface area contributed by atoms with Gasteiger partial charge in [-0.25, -0.2) is 9.97 Å². The second-order valence-corrected chi connectivity index (χ2v) is 5.12. The SMILES string of the molecule is c1cc(-c2nccn2CCn2ccnc2)c2cccnc2c1. The molecule has 0 amide bonds. The second kappa shape index (κ2) is 5.44. The van der Waals surface area contributed by atoms with Crippen LogP contribution in [0.5, 0.6) is 0 Å². The van der Waals surface area contributed by atoms with Crippen molar-refractivity contribution in [3.05, 3.63) is 67.6 Å². The number of pyridine rings is 1. The Kier molecular flexibility index (Phi) is 3.16. The van der Waals surface area contributed by atoms with Crippen LogP contribution in [0.15, 0.2) is 67.6 Å². The van der Waals surface area contributed by atoms with Crippen molar-refractivity contribution >= 4 is 10.9 Å². The first-order valence-corrected chi connectivity index (χ1v) is 7.23. The van der Waals surface area contributed by atoms with Crippen LogP contribution in [0.4, 0.5) is 0 Å². The molecule has 0 aliphatic rings. The van der Waals surface area contributed by atoms with E-state index in [-0.39, 0.29) is 0 Å². The summed E-state index contributed by atoms with van der Waals surface area (Å²) in [6.45, 7) is 1.72. The van der Waals surface area contributed by atoms with Gasteiger partial charge in [-0.1, -0.05) is 18.2 Å². The number of imidazole rings is 2. The Morgan fingerprint density at radius 3 is 2.77 bits per heavy atom. The fourth-order valence-corrected chi connectivity index (χ4v) is 2.67. The Bertz CT molecular complexity index is 887. The third kappa shape index (κ3) is 2.26. The van der Waals surface area contributed by atoms with Crippen molar-refractivity contribution in [2.45, 2.75) is 13.1 Å². The fourth-order valence-electron chi connectivity index (χ4n) is 2.67. The molecule has 5 nitrogen and oxygen atoms in total. The van der Waals surface area contributed by atoms with Gasteiger partial charge in [0.2, 0.25) is 0 Å². The maximum Gasteiger partial charge on any atom is 0.140 e. The van der Waals surface area contributed by atoms with E-state index in [0.29, 0.717) is 0 Å². The van der Waals surface area contributed by atoms with Crippen molar-refractivity contribution < 1.29 is 0 Å². The Morgan fingerprint density at radius 2 is 1.86 bits per heavy atom. The zero-order chi connectivity index (χ0) is 14.8. The van der Waals surface area contributed by atoms with Gasteiger partial charge in [0, 0.05) is 55.0 Å². The zero-order valence-corrected chi connectivity index (χ0v) is 12.0. The summed E-state index contributed by atoms with van der Waals surface area (Å²) >= 11 is 0. The van der Waals surface area contributed by atoms with Gasteiger partial charge in [0.25, 0.3) is 0 Å². The van der Waals surface area contributed by atoms with Gasteiger partial charge in [-0.2, -0.15) is 0 Å². The minimum atomic E-state index is 0.850. The molecule has 0 saturated carbocycles.